The van der Waals surface area contributed by atoms with Gasteiger partial charge >= 0.3 is 12.3 Å². The van der Waals surface area contributed by atoms with Crippen LogP contribution in [0, 0.1) is 0 Å². The summed E-state index contributed by atoms with van der Waals surface area (Å²) in [5, 5.41) is 9.49. The molecule has 112 valence electrons. The average Bonchev–Trinajstić information content (AvgIpc) is 2.31. The van der Waals surface area contributed by atoms with Crippen LogP contribution < -0.4 is 4.74 Å². The number of ether oxygens (including phenoxy) is 2. The van der Waals surface area contributed by atoms with Crippen LogP contribution in [0.15, 0.2) is 6.07 Å². The summed E-state index contributed by atoms with van der Waals surface area (Å²) >= 11 is 0. The summed E-state index contributed by atoms with van der Waals surface area (Å²) in [5.41, 5.74) is -0.965. The van der Waals surface area contributed by atoms with Crippen LogP contribution in [-0.4, -0.2) is 29.0 Å². The fourth-order valence-electron chi connectivity index (χ4n) is 1.33. The van der Waals surface area contributed by atoms with E-state index in [0.29, 0.717) is 0 Å². The van der Waals surface area contributed by atoms with Crippen molar-refractivity contribution in [2.75, 3.05) is 6.61 Å². The molecule has 0 aliphatic carbocycles. The quantitative estimate of drug-likeness (QED) is 0.667. The zero-order valence-electron chi connectivity index (χ0n) is 10.3. The Morgan fingerprint density at radius 3 is 2.60 bits per heavy atom. The van der Waals surface area contributed by atoms with Crippen molar-refractivity contribution < 1.29 is 36.9 Å². The molecule has 0 fully saturated rings. The lowest BCUT2D eigenvalue weighted by molar-refractivity contribution is -0.276. The van der Waals surface area contributed by atoms with Gasteiger partial charge in [0.15, 0.2) is 0 Å². The highest BCUT2D eigenvalue weighted by Crippen LogP contribution is 2.30. The number of carbonyl (C=O) groups excluding carboxylic acids is 1. The van der Waals surface area contributed by atoms with Crippen molar-refractivity contribution in [3.05, 3.63) is 17.3 Å². The molecule has 1 aromatic heterocycles. The van der Waals surface area contributed by atoms with E-state index in [1.807, 2.05) is 0 Å². The summed E-state index contributed by atoms with van der Waals surface area (Å²) in [6.07, 6.45) is -5.62. The van der Waals surface area contributed by atoms with Gasteiger partial charge in [-0.05, 0) is 13.0 Å². The lowest BCUT2D eigenvalue weighted by atomic mass is 10.2. The predicted molar refractivity (Wildman–Crippen MR) is 57.7 cm³/mol. The average molecular weight is 297 g/mol. The first-order valence-corrected chi connectivity index (χ1v) is 5.46. The van der Waals surface area contributed by atoms with Crippen LogP contribution >= 0.6 is 0 Å². The number of aromatic hydroxyl groups is 1. The Hall–Kier alpha value is -2.06. The molecule has 0 radical (unpaired) electrons. The third kappa shape index (κ3) is 4.56. The molecule has 0 aromatic carbocycles. The zero-order chi connectivity index (χ0) is 15.3. The number of esters is 1. The monoisotopic (exact) mass is 297 g/mol. The largest absolute Gasteiger partial charge is 0.574 e. The fraction of sp³-hybridized carbons (Fsp3) is 0.455. The maximum absolute atomic E-state index is 12.6. The highest BCUT2D eigenvalue weighted by Gasteiger charge is 2.33. The van der Waals surface area contributed by atoms with Gasteiger partial charge in [0.05, 0.1) is 18.7 Å². The van der Waals surface area contributed by atoms with E-state index in [1.165, 1.54) is 6.92 Å². The molecule has 1 heterocycles. The number of carbonyl (C=O) groups is 1. The first-order chi connectivity index (χ1) is 9.26. The number of hydrogen-bond acceptors (Lipinski definition) is 5. The van der Waals surface area contributed by atoms with E-state index in [9.17, 15) is 27.5 Å². The molecular formula is C11H11F4NO4. The number of pyridine rings is 1. The Morgan fingerprint density at radius 2 is 2.10 bits per heavy atom. The summed E-state index contributed by atoms with van der Waals surface area (Å²) in [6.45, 7) is 0.287. The molecule has 20 heavy (non-hydrogen) atoms. The van der Waals surface area contributed by atoms with E-state index in [4.69, 9.17) is 0 Å². The summed E-state index contributed by atoms with van der Waals surface area (Å²) < 4.78 is 57.1. The van der Waals surface area contributed by atoms with Gasteiger partial charge in [-0.25, -0.2) is 9.37 Å². The predicted octanol–water partition coefficient (Wildman–Crippen LogP) is 2.26. The fourth-order valence-corrected chi connectivity index (χ4v) is 1.33. The highest BCUT2D eigenvalue weighted by atomic mass is 19.4. The zero-order valence-corrected chi connectivity index (χ0v) is 10.3. The van der Waals surface area contributed by atoms with Gasteiger partial charge in [-0.3, -0.25) is 4.79 Å². The third-order valence-electron chi connectivity index (χ3n) is 2.09. The first kappa shape index (κ1) is 16.0. The summed E-state index contributed by atoms with van der Waals surface area (Å²) in [5.74, 6) is -2.45. The first-order valence-electron chi connectivity index (χ1n) is 5.46. The SMILES string of the molecule is CCOC(=O)Cc1nc(OC(F)(F)F)c(CF)cc1O. The van der Waals surface area contributed by atoms with Crippen LogP contribution in [0.2, 0.25) is 0 Å². The molecule has 1 aromatic rings. The van der Waals surface area contributed by atoms with Crippen LogP contribution in [0.1, 0.15) is 18.2 Å². The molecule has 1 N–H and O–H groups in total. The van der Waals surface area contributed by atoms with Crippen molar-refractivity contribution in [2.24, 2.45) is 0 Å². The van der Waals surface area contributed by atoms with E-state index in [1.54, 1.807) is 0 Å². The van der Waals surface area contributed by atoms with Crippen molar-refractivity contribution in [3.63, 3.8) is 0 Å². The molecule has 0 aliphatic rings. The van der Waals surface area contributed by atoms with Crippen molar-refractivity contribution in [3.8, 4) is 11.6 Å². The van der Waals surface area contributed by atoms with Gasteiger partial charge in [-0.1, -0.05) is 0 Å². The number of alkyl halides is 4. The number of nitrogens with zero attached hydrogens (tertiary/aromatic N) is 1. The topological polar surface area (TPSA) is 68.7 Å². The molecule has 0 spiro atoms. The van der Waals surface area contributed by atoms with Gasteiger partial charge < -0.3 is 14.6 Å². The van der Waals surface area contributed by atoms with Gasteiger partial charge in [0.1, 0.15) is 12.4 Å². The Balaban J connectivity index is 3.07. The smallest absolute Gasteiger partial charge is 0.506 e. The standard InChI is InChI=1S/C11H11F4NO4/c1-2-19-9(18)4-7-8(17)3-6(5-12)10(16-7)20-11(13,14)15/h3,17H,2,4-5H2,1H3. The minimum Gasteiger partial charge on any atom is -0.506 e. The highest BCUT2D eigenvalue weighted by molar-refractivity contribution is 5.73. The van der Waals surface area contributed by atoms with Crippen molar-refractivity contribution in [1.82, 2.24) is 4.98 Å². The van der Waals surface area contributed by atoms with Crippen molar-refractivity contribution in [1.29, 1.82) is 0 Å². The molecule has 0 amide bonds. The third-order valence-corrected chi connectivity index (χ3v) is 2.09. The second-order valence-electron chi connectivity index (χ2n) is 3.58. The number of aromatic nitrogens is 1. The van der Waals surface area contributed by atoms with Crippen molar-refractivity contribution in [2.45, 2.75) is 26.4 Å². The normalized spacial score (nSPS) is 11.2. The summed E-state index contributed by atoms with van der Waals surface area (Å²) in [4.78, 5) is 14.5. The van der Waals surface area contributed by atoms with Gasteiger partial charge in [-0.2, -0.15) is 0 Å². The number of halogens is 4. The second-order valence-corrected chi connectivity index (χ2v) is 3.58. The maximum Gasteiger partial charge on any atom is 0.574 e. The minimum absolute atomic E-state index is 0.0636. The number of rotatable bonds is 5. The molecule has 0 saturated heterocycles. The Labute approximate surface area is 111 Å². The Bertz CT molecular complexity index is 490. The molecule has 0 bridgehead atoms. The Kier molecular flexibility index (Phi) is 5.12. The second kappa shape index (κ2) is 6.40. The van der Waals surface area contributed by atoms with E-state index in [2.05, 4.69) is 14.5 Å². The lowest BCUT2D eigenvalue weighted by Gasteiger charge is -2.13. The summed E-state index contributed by atoms with van der Waals surface area (Å²) in [6, 6.07) is 0.725. The molecular weight excluding hydrogens is 286 g/mol. The van der Waals surface area contributed by atoms with Crippen LogP contribution in [0.5, 0.6) is 11.6 Å². The van der Waals surface area contributed by atoms with E-state index >= 15 is 0 Å². The van der Waals surface area contributed by atoms with E-state index in [-0.39, 0.29) is 12.3 Å². The minimum atomic E-state index is -5.06. The van der Waals surface area contributed by atoms with Crippen LogP contribution in [0.25, 0.3) is 0 Å². The van der Waals surface area contributed by atoms with Gasteiger partial charge in [0, 0.05) is 5.56 Å². The van der Waals surface area contributed by atoms with E-state index in [0.717, 1.165) is 6.07 Å². The molecule has 9 heteroatoms. The van der Waals surface area contributed by atoms with Gasteiger partial charge in [-0.15, -0.1) is 13.2 Å². The molecule has 0 unspecified atom stereocenters. The van der Waals surface area contributed by atoms with Crippen LogP contribution in [0.3, 0.4) is 0 Å². The van der Waals surface area contributed by atoms with E-state index < -0.39 is 42.6 Å². The van der Waals surface area contributed by atoms with Gasteiger partial charge in [0.25, 0.3) is 0 Å². The molecule has 0 atom stereocenters. The maximum atomic E-state index is 12.6. The molecule has 1 rings (SSSR count). The summed E-state index contributed by atoms with van der Waals surface area (Å²) in [7, 11) is 0. The Morgan fingerprint density at radius 1 is 1.45 bits per heavy atom. The molecule has 5 nitrogen and oxygen atoms in total. The van der Waals surface area contributed by atoms with Crippen LogP contribution in [0.4, 0.5) is 17.6 Å². The molecule has 0 saturated carbocycles. The number of hydrogen-bond donors (Lipinski definition) is 1. The van der Waals surface area contributed by atoms with Crippen LogP contribution in [-0.2, 0) is 22.6 Å². The lowest BCUT2D eigenvalue weighted by Crippen LogP contribution is -2.20. The van der Waals surface area contributed by atoms with Crippen molar-refractivity contribution >= 4 is 5.97 Å². The molecule has 0 aliphatic heterocycles. The van der Waals surface area contributed by atoms with Gasteiger partial charge in [0.2, 0.25) is 5.88 Å².